The lowest BCUT2D eigenvalue weighted by molar-refractivity contribution is -0.0456. The highest BCUT2D eigenvalue weighted by Gasteiger charge is 2.50. The van der Waals surface area contributed by atoms with Crippen molar-refractivity contribution in [1.29, 1.82) is 0 Å². The Labute approximate surface area is 218 Å². The molecule has 1 aliphatic rings. The van der Waals surface area contributed by atoms with Gasteiger partial charge in [-0.3, -0.25) is 0 Å². The highest BCUT2D eigenvalue weighted by molar-refractivity contribution is 7.80. The van der Waals surface area contributed by atoms with Gasteiger partial charge in [-0.15, -0.1) is 0 Å². The third-order valence-electron chi connectivity index (χ3n) is 5.49. The van der Waals surface area contributed by atoms with Crippen molar-refractivity contribution in [2.75, 3.05) is 6.61 Å². The molecule has 190 valence electrons. The zero-order valence-electron chi connectivity index (χ0n) is 19.5. The van der Waals surface area contributed by atoms with E-state index in [1.165, 1.54) is 0 Å². The summed E-state index contributed by atoms with van der Waals surface area (Å²) in [5.74, 6) is -1.95. The van der Waals surface area contributed by atoms with Crippen LogP contribution in [-0.2, 0) is 18.9 Å². The van der Waals surface area contributed by atoms with Crippen LogP contribution in [0.4, 0.5) is 0 Å². The van der Waals surface area contributed by atoms with Crippen molar-refractivity contribution >= 4 is 35.2 Å². The van der Waals surface area contributed by atoms with Crippen molar-refractivity contribution < 1.29 is 33.3 Å². The zero-order valence-corrected chi connectivity index (χ0v) is 20.3. The smallest absolute Gasteiger partial charge is 0.338 e. The van der Waals surface area contributed by atoms with Gasteiger partial charge in [-0.05, 0) is 48.6 Å². The van der Waals surface area contributed by atoms with Gasteiger partial charge >= 0.3 is 17.9 Å². The van der Waals surface area contributed by atoms with E-state index in [9.17, 15) is 14.4 Å². The lowest BCUT2D eigenvalue weighted by Crippen LogP contribution is -2.48. The van der Waals surface area contributed by atoms with E-state index in [2.05, 4.69) is 5.32 Å². The van der Waals surface area contributed by atoms with E-state index < -0.39 is 42.4 Å². The third kappa shape index (κ3) is 6.69. The molecule has 3 N–H and O–H groups in total. The largest absolute Gasteiger partial charge is 0.459 e. The van der Waals surface area contributed by atoms with Crippen LogP contribution in [0.1, 0.15) is 31.1 Å². The summed E-state index contributed by atoms with van der Waals surface area (Å²) in [5.41, 5.74) is 6.56. The summed E-state index contributed by atoms with van der Waals surface area (Å²) in [4.78, 5) is 38.4. The molecule has 3 aromatic rings. The number of nitrogens with one attached hydrogen (secondary N) is 1. The molecule has 1 aliphatic heterocycles. The van der Waals surface area contributed by atoms with Gasteiger partial charge < -0.3 is 30.0 Å². The van der Waals surface area contributed by atoms with Gasteiger partial charge in [-0.25, -0.2) is 14.4 Å². The van der Waals surface area contributed by atoms with Crippen LogP contribution in [0, 0.1) is 0 Å². The lowest BCUT2D eigenvalue weighted by atomic mass is 10.1. The van der Waals surface area contributed by atoms with Gasteiger partial charge in [0.05, 0.1) is 16.7 Å². The van der Waals surface area contributed by atoms with E-state index in [-0.39, 0.29) is 22.8 Å². The fourth-order valence-corrected chi connectivity index (χ4v) is 3.85. The van der Waals surface area contributed by atoms with Gasteiger partial charge in [0.2, 0.25) is 0 Å². The second-order valence-corrected chi connectivity index (χ2v) is 8.48. The molecule has 0 radical (unpaired) electrons. The average Bonchev–Trinajstić information content (AvgIpc) is 3.23. The molecule has 0 unspecified atom stereocenters. The number of hydrogen-bond donors (Lipinski definition) is 2. The molecule has 10 heteroatoms. The maximum absolute atomic E-state index is 12.9. The van der Waals surface area contributed by atoms with Gasteiger partial charge in [0.1, 0.15) is 12.7 Å². The molecule has 0 aromatic heterocycles. The molecule has 1 heterocycles. The molecule has 0 aliphatic carbocycles. The van der Waals surface area contributed by atoms with E-state index in [0.29, 0.717) is 5.56 Å². The lowest BCUT2D eigenvalue weighted by Gasteiger charge is -2.24. The van der Waals surface area contributed by atoms with Crippen LogP contribution in [0.2, 0.25) is 0 Å². The molecule has 4 atom stereocenters. The number of hydrogen-bond acceptors (Lipinski definition) is 8. The molecule has 4 rings (SSSR count). The summed E-state index contributed by atoms with van der Waals surface area (Å²) >= 11 is 4.96. The highest BCUT2D eigenvalue weighted by Crippen LogP contribution is 2.28. The first kappa shape index (κ1) is 25.8. The Kier molecular flexibility index (Phi) is 8.44. The standard InChI is InChI=1S/C27H24N2O7S/c28-27(37)29-23-22(36-26(32)19-14-8-3-9-15-19)21(35-25(31)18-12-6-2-7-13-18)20(34-23)16-33-24(30)17-10-4-1-5-11-17/h1-15,20-23H,16H2,(H3,28,29,37)/t20-,21-,22-,23-/m1/s1. The highest BCUT2D eigenvalue weighted by atomic mass is 32.1. The molecule has 1 fully saturated rings. The average molecular weight is 521 g/mol. The van der Waals surface area contributed by atoms with Gasteiger partial charge in [0, 0.05) is 0 Å². The van der Waals surface area contributed by atoms with Crippen LogP contribution in [0.3, 0.4) is 0 Å². The van der Waals surface area contributed by atoms with Crippen LogP contribution in [-0.4, -0.2) is 54.2 Å². The van der Waals surface area contributed by atoms with Crippen LogP contribution in [0.25, 0.3) is 0 Å². The number of esters is 3. The van der Waals surface area contributed by atoms with Crippen molar-refractivity contribution in [2.24, 2.45) is 5.73 Å². The van der Waals surface area contributed by atoms with E-state index in [4.69, 9.17) is 36.9 Å². The molecule has 9 nitrogen and oxygen atoms in total. The topological polar surface area (TPSA) is 126 Å². The van der Waals surface area contributed by atoms with E-state index in [1.807, 2.05) is 0 Å². The summed E-state index contributed by atoms with van der Waals surface area (Å²) in [6.45, 7) is -0.296. The summed E-state index contributed by atoms with van der Waals surface area (Å²) < 4.78 is 22.9. The second kappa shape index (κ2) is 12.1. The Hall–Kier alpha value is -4.28. The first-order valence-corrected chi connectivity index (χ1v) is 11.8. The number of thiocarbonyl (C=S) groups is 1. The first-order valence-electron chi connectivity index (χ1n) is 11.4. The van der Waals surface area contributed by atoms with Crippen molar-refractivity contribution in [3.8, 4) is 0 Å². The fourth-order valence-electron chi connectivity index (χ4n) is 3.74. The molecular formula is C27H24N2O7S. The Morgan fingerprint density at radius 3 is 1.62 bits per heavy atom. The Balaban J connectivity index is 1.58. The fraction of sp³-hybridized carbons (Fsp3) is 0.185. The maximum Gasteiger partial charge on any atom is 0.338 e. The third-order valence-corrected chi connectivity index (χ3v) is 5.61. The maximum atomic E-state index is 12.9. The first-order chi connectivity index (χ1) is 17.9. The second-order valence-electron chi connectivity index (χ2n) is 8.04. The summed E-state index contributed by atoms with van der Waals surface area (Å²) in [6, 6.07) is 25.0. The van der Waals surface area contributed by atoms with E-state index >= 15 is 0 Å². The number of rotatable bonds is 8. The number of carbonyl (C=O) groups excluding carboxylic acids is 3. The van der Waals surface area contributed by atoms with Crippen LogP contribution < -0.4 is 11.1 Å². The molecule has 37 heavy (non-hydrogen) atoms. The summed E-state index contributed by atoms with van der Waals surface area (Å²) in [7, 11) is 0. The van der Waals surface area contributed by atoms with Crippen molar-refractivity contribution in [3.63, 3.8) is 0 Å². The SMILES string of the molecule is NC(=S)N[C@@H]1O[C@H](COC(=O)c2ccccc2)[C@@H](OC(=O)c2ccccc2)[C@H]1OC(=O)c1ccccc1. The molecule has 0 spiro atoms. The van der Waals surface area contributed by atoms with E-state index in [1.54, 1.807) is 91.0 Å². The van der Waals surface area contributed by atoms with Crippen molar-refractivity contribution in [2.45, 2.75) is 24.5 Å². The van der Waals surface area contributed by atoms with Gasteiger partial charge in [0.15, 0.2) is 23.5 Å². The Bertz CT molecular complexity index is 1240. The van der Waals surface area contributed by atoms with Gasteiger partial charge in [0.25, 0.3) is 0 Å². The molecular weight excluding hydrogens is 496 g/mol. The molecule has 0 bridgehead atoms. The quantitative estimate of drug-likeness (QED) is 0.260. The zero-order chi connectivity index (χ0) is 26.2. The molecule has 0 amide bonds. The van der Waals surface area contributed by atoms with Gasteiger partial charge in [-0.2, -0.15) is 0 Å². The normalized spacial score (nSPS) is 20.4. The minimum atomic E-state index is -1.16. The van der Waals surface area contributed by atoms with E-state index in [0.717, 1.165) is 0 Å². The number of ether oxygens (including phenoxy) is 4. The molecule has 0 saturated carbocycles. The molecule has 1 saturated heterocycles. The van der Waals surface area contributed by atoms with Crippen molar-refractivity contribution in [3.05, 3.63) is 108 Å². The predicted octanol–water partition coefficient (Wildman–Crippen LogP) is 2.85. The number of nitrogens with two attached hydrogens (primary N) is 1. The predicted molar refractivity (Wildman–Crippen MR) is 137 cm³/mol. The van der Waals surface area contributed by atoms with Gasteiger partial charge in [-0.1, -0.05) is 54.6 Å². The minimum Gasteiger partial charge on any atom is -0.459 e. The summed E-state index contributed by atoms with van der Waals surface area (Å²) in [5, 5.41) is 2.59. The van der Waals surface area contributed by atoms with Crippen LogP contribution in [0.5, 0.6) is 0 Å². The number of benzene rings is 3. The molecule has 3 aromatic carbocycles. The Morgan fingerprint density at radius 1 is 0.730 bits per heavy atom. The van der Waals surface area contributed by atoms with Crippen LogP contribution >= 0.6 is 12.2 Å². The number of carbonyl (C=O) groups is 3. The Morgan fingerprint density at radius 2 is 1.16 bits per heavy atom. The summed E-state index contributed by atoms with van der Waals surface area (Å²) in [6.07, 6.45) is -4.39. The minimum absolute atomic E-state index is 0.124. The monoisotopic (exact) mass is 520 g/mol. The van der Waals surface area contributed by atoms with Crippen LogP contribution in [0.15, 0.2) is 91.0 Å². The van der Waals surface area contributed by atoms with Crippen molar-refractivity contribution in [1.82, 2.24) is 5.32 Å².